The number of hydrogen-bond acceptors (Lipinski definition) is 4. The first-order valence-corrected chi connectivity index (χ1v) is 6.39. The molecule has 17 heavy (non-hydrogen) atoms. The van der Waals surface area contributed by atoms with Crippen LogP contribution in [0, 0.1) is 5.92 Å². The molecule has 1 aliphatic heterocycles. The van der Waals surface area contributed by atoms with Gasteiger partial charge in [0.2, 0.25) is 11.8 Å². The van der Waals surface area contributed by atoms with E-state index in [0.717, 1.165) is 12.8 Å². The molecule has 1 aliphatic carbocycles. The number of nitrogens with two attached hydrogens (primary N) is 1. The van der Waals surface area contributed by atoms with E-state index < -0.39 is 0 Å². The molecule has 0 aromatic heterocycles. The van der Waals surface area contributed by atoms with Gasteiger partial charge < -0.3 is 5.73 Å². The Morgan fingerprint density at radius 1 is 1.35 bits per heavy atom. The van der Waals surface area contributed by atoms with Gasteiger partial charge in [-0.3, -0.25) is 19.8 Å². The molecule has 3 unspecified atom stereocenters. The van der Waals surface area contributed by atoms with Crippen molar-refractivity contribution in [2.75, 3.05) is 13.6 Å². The molecule has 3 N–H and O–H groups in total. The summed E-state index contributed by atoms with van der Waals surface area (Å²) in [7, 11) is 1.95. The molecule has 2 amide bonds. The minimum atomic E-state index is -0.292. The van der Waals surface area contributed by atoms with Gasteiger partial charge in [0.25, 0.3) is 0 Å². The van der Waals surface area contributed by atoms with Crippen LogP contribution in [0.2, 0.25) is 0 Å². The molecule has 2 aliphatic rings. The lowest BCUT2D eigenvalue weighted by Gasteiger charge is -2.39. The number of amides is 2. The lowest BCUT2D eigenvalue weighted by atomic mass is 9.83. The van der Waals surface area contributed by atoms with E-state index in [0.29, 0.717) is 24.9 Å². The van der Waals surface area contributed by atoms with Gasteiger partial charge in [0.05, 0.1) is 12.5 Å². The third-order valence-electron chi connectivity index (χ3n) is 4.13. The Bertz CT molecular complexity index is 319. The van der Waals surface area contributed by atoms with Crippen LogP contribution < -0.4 is 11.1 Å². The Kier molecular flexibility index (Phi) is 3.79. The normalized spacial score (nSPS) is 34.2. The Hall–Kier alpha value is -0.940. The van der Waals surface area contributed by atoms with Crippen molar-refractivity contribution >= 4 is 11.8 Å². The zero-order valence-electron chi connectivity index (χ0n) is 10.3. The molecule has 0 bridgehead atoms. The maximum Gasteiger partial charge on any atom is 0.244 e. The molecule has 0 spiro atoms. The largest absolute Gasteiger partial charge is 0.330 e. The summed E-state index contributed by atoms with van der Waals surface area (Å²) in [6.07, 6.45) is 4.92. The van der Waals surface area contributed by atoms with Crippen LogP contribution in [0.1, 0.15) is 32.1 Å². The van der Waals surface area contributed by atoms with Crippen LogP contribution in [0.5, 0.6) is 0 Å². The fourth-order valence-electron chi connectivity index (χ4n) is 3.10. The zero-order valence-corrected chi connectivity index (χ0v) is 10.3. The minimum absolute atomic E-state index is 0.154. The fraction of sp³-hybridized carbons (Fsp3) is 0.833. The number of likely N-dealkylation sites (N-methyl/N-ethyl adjacent to an activating group) is 1. The molecule has 0 aromatic rings. The predicted molar refractivity (Wildman–Crippen MR) is 64.1 cm³/mol. The van der Waals surface area contributed by atoms with E-state index in [1.807, 2.05) is 7.05 Å². The minimum Gasteiger partial charge on any atom is -0.330 e. The highest BCUT2D eigenvalue weighted by Crippen LogP contribution is 2.29. The first kappa shape index (κ1) is 12.5. The molecule has 0 aromatic carbocycles. The summed E-state index contributed by atoms with van der Waals surface area (Å²) in [6, 6.07) is 0.0510. The van der Waals surface area contributed by atoms with Crippen molar-refractivity contribution in [2.45, 2.75) is 44.2 Å². The second-order valence-electron chi connectivity index (χ2n) is 5.15. The summed E-state index contributed by atoms with van der Waals surface area (Å²) in [5.74, 6) is 0.142. The van der Waals surface area contributed by atoms with Crippen molar-refractivity contribution in [1.29, 1.82) is 0 Å². The van der Waals surface area contributed by atoms with Crippen LogP contribution in [-0.2, 0) is 9.59 Å². The highest BCUT2D eigenvalue weighted by molar-refractivity contribution is 6.05. The van der Waals surface area contributed by atoms with Gasteiger partial charge in [-0.05, 0) is 32.4 Å². The average Bonchev–Trinajstić information content (AvgIpc) is 2.67. The standard InChI is InChI=1S/C12H21N3O2/c1-15(10-6-11(16)14-12(10)17)9-5-3-2-4-8(9)7-13/h8-10H,2-7,13H2,1H3,(H,14,16,17). The lowest BCUT2D eigenvalue weighted by Crippen LogP contribution is -2.50. The van der Waals surface area contributed by atoms with Crippen LogP contribution in [-0.4, -0.2) is 42.4 Å². The lowest BCUT2D eigenvalue weighted by molar-refractivity contribution is -0.126. The number of hydrogen-bond donors (Lipinski definition) is 2. The summed E-state index contributed by atoms with van der Waals surface area (Å²) in [5, 5.41) is 2.37. The van der Waals surface area contributed by atoms with E-state index >= 15 is 0 Å². The Balaban J connectivity index is 2.05. The topological polar surface area (TPSA) is 75.4 Å². The van der Waals surface area contributed by atoms with Crippen molar-refractivity contribution < 1.29 is 9.59 Å². The third-order valence-corrected chi connectivity index (χ3v) is 4.13. The van der Waals surface area contributed by atoms with Gasteiger partial charge in [-0.2, -0.15) is 0 Å². The molecule has 2 fully saturated rings. The van der Waals surface area contributed by atoms with Crippen molar-refractivity contribution in [3.63, 3.8) is 0 Å². The van der Waals surface area contributed by atoms with Gasteiger partial charge in [-0.25, -0.2) is 0 Å². The van der Waals surface area contributed by atoms with Crippen LogP contribution in [0.3, 0.4) is 0 Å². The molecular formula is C12H21N3O2. The monoisotopic (exact) mass is 239 g/mol. The summed E-state index contributed by atoms with van der Waals surface area (Å²) in [5.41, 5.74) is 5.80. The number of imide groups is 1. The maximum atomic E-state index is 11.7. The van der Waals surface area contributed by atoms with E-state index in [9.17, 15) is 9.59 Å². The number of carbonyl (C=O) groups excluding carboxylic acids is 2. The van der Waals surface area contributed by atoms with E-state index in [4.69, 9.17) is 5.73 Å². The van der Waals surface area contributed by atoms with Gasteiger partial charge in [0.1, 0.15) is 0 Å². The molecule has 1 heterocycles. The first-order chi connectivity index (χ1) is 8.13. The smallest absolute Gasteiger partial charge is 0.244 e. The SMILES string of the molecule is CN(C1CC(=O)NC1=O)C1CCCCC1CN. The summed E-state index contributed by atoms with van der Waals surface area (Å²) >= 11 is 0. The molecule has 0 radical (unpaired) electrons. The Morgan fingerprint density at radius 3 is 2.65 bits per heavy atom. The quantitative estimate of drug-likeness (QED) is 0.672. The van der Waals surface area contributed by atoms with Crippen molar-refractivity contribution in [3.8, 4) is 0 Å². The highest BCUT2D eigenvalue weighted by Gasteiger charge is 2.39. The van der Waals surface area contributed by atoms with Crippen molar-refractivity contribution in [3.05, 3.63) is 0 Å². The second-order valence-corrected chi connectivity index (χ2v) is 5.15. The molecule has 5 nitrogen and oxygen atoms in total. The Morgan fingerprint density at radius 2 is 2.06 bits per heavy atom. The van der Waals surface area contributed by atoms with Crippen LogP contribution in [0.4, 0.5) is 0 Å². The average molecular weight is 239 g/mol. The molecule has 5 heteroatoms. The summed E-state index contributed by atoms with van der Waals surface area (Å²) in [4.78, 5) is 24.9. The van der Waals surface area contributed by atoms with E-state index in [2.05, 4.69) is 10.2 Å². The van der Waals surface area contributed by atoms with Crippen LogP contribution in [0.15, 0.2) is 0 Å². The number of nitrogens with one attached hydrogen (secondary N) is 1. The van der Waals surface area contributed by atoms with Gasteiger partial charge in [-0.1, -0.05) is 12.8 Å². The van der Waals surface area contributed by atoms with Crippen LogP contribution >= 0.6 is 0 Å². The molecule has 1 saturated heterocycles. The van der Waals surface area contributed by atoms with E-state index in [1.54, 1.807) is 0 Å². The van der Waals surface area contributed by atoms with E-state index in [-0.39, 0.29) is 17.9 Å². The molecule has 3 atom stereocenters. The zero-order chi connectivity index (χ0) is 12.4. The number of carbonyl (C=O) groups is 2. The predicted octanol–water partition coefficient (Wildman–Crippen LogP) is -0.149. The molecular weight excluding hydrogens is 218 g/mol. The van der Waals surface area contributed by atoms with Gasteiger partial charge >= 0.3 is 0 Å². The summed E-state index contributed by atoms with van der Waals surface area (Å²) < 4.78 is 0. The molecule has 2 rings (SSSR count). The fourth-order valence-corrected chi connectivity index (χ4v) is 3.10. The van der Waals surface area contributed by atoms with Gasteiger partial charge in [0, 0.05) is 6.04 Å². The molecule has 96 valence electrons. The third kappa shape index (κ3) is 2.50. The van der Waals surface area contributed by atoms with Crippen LogP contribution in [0.25, 0.3) is 0 Å². The number of rotatable bonds is 3. The van der Waals surface area contributed by atoms with E-state index in [1.165, 1.54) is 12.8 Å². The summed E-state index contributed by atoms with van der Waals surface area (Å²) in [6.45, 7) is 0.664. The van der Waals surface area contributed by atoms with Gasteiger partial charge in [-0.15, -0.1) is 0 Å². The first-order valence-electron chi connectivity index (χ1n) is 6.39. The van der Waals surface area contributed by atoms with Gasteiger partial charge in [0.15, 0.2) is 0 Å². The second kappa shape index (κ2) is 5.14. The Labute approximate surface area is 102 Å². The van der Waals surface area contributed by atoms with Crippen molar-refractivity contribution in [2.24, 2.45) is 11.7 Å². The molecule has 1 saturated carbocycles. The highest BCUT2D eigenvalue weighted by atomic mass is 16.2. The van der Waals surface area contributed by atoms with Crippen molar-refractivity contribution in [1.82, 2.24) is 10.2 Å². The number of nitrogens with zero attached hydrogens (tertiary/aromatic N) is 1. The maximum absolute atomic E-state index is 11.7.